The first-order chi connectivity index (χ1) is 10.5. The largest absolute Gasteiger partial charge is 0.467 e. The van der Waals surface area contributed by atoms with Crippen LogP contribution in [0.25, 0.3) is 0 Å². The van der Waals surface area contributed by atoms with Crippen molar-refractivity contribution in [2.75, 3.05) is 7.11 Å². The Balaban J connectivity index is 2.81. The highest BCUT2D eigenvalue weighted by Crippen LogP contribution is 2.13. The molecule has 1 aromatic rings. The predicted octanol–water partition coefficient (Wildman–Crippen LogP) is 1.67. The van der Waals surface area contributed by atoms with Crippen LogP contribution in [0, 0.1) is 22.5 Å². The summed E-state index contributed by atoms with van der Waals surface area (Å²) in [4.78, 5) is 33.9. The zero-order chi connectivity index (χ0) is 16.5. The maximum absolute atomic E-state index is 12.1. The van der Waals surface area contributed by atoms with E-state index in [-0.39, 0.29) is 11.3 Å². The molecule has 0 fully saturated rings. The van der Waals surface area contributed by atoms with Gasteiger partial charge in [-0.05, 0) is 18.9 Å². The fourth-order valence-electron chi connectivity index (χ4n) is 1.80. The summed E-state index contributed by atoms with van der Waals surface area (Å²) in [5.74, 6) is 1.27. The summed E-state index contributed by atoms with van der Waals surface area (Å²) in [5.41, 5.74) is -0.102. The summed E-state index contributed by atoms with van der Waals surface area (Å²) in [6.07, 6.45) is 6.49. The molecular formula is C15H16N2O5. The second-order valence-corrected chi connectivity index (χ2v) is 4.45. The molecule has 0 spiro atoms. The van der Waals surface area contributed by atoms with Crippen molar-refractivity contribution in [3.05, 3.63) is 39.9 Å². The highest BCUT2D eigenvalue weighted by atomic mass is 16.6. The Morgan fingerprint density at radius 1 is 1.50 bits per heavy atom. The van der Waals surface area contributed by atoms with Crippen molar-refractivity contribution in [2.45, 2.75) is 25.3 Å². The van der Waals surface area contributed by atoms with E-state index >= 15 is 0 Å². The molecule has 0 bridgehead atoms. The number of hydrogen-bond donors (Lipinski definition) is 1. The first-order valence-corrected chi connectivity index (χ1v) is 6.56. The van der Waals surface area contributed by atoms with Crippen LogP contribution < -0.4 is 5.32 Å². The molecule has 116 valence electrons. The number of methoxy groups -OCH3 is 1. The van der Waals surface area contributed by atoms with E-state index in [1.54, 1.807) is 0 Å². The molecule has 1 rings (SSSR count). The molecule has 0 heterocycles. The Kier molecular flexibility index (Phi) is 6.57. The number of nitro groups is 1. The summed E-state index contributed by atoms with van der Waals surface area (Å²) >= 11 is 0. The number of amides is 1. The molecule has 0 saturated carbocycles. The van der Waals surface area contributed by atoms with Crippen LogP contribution in [0.2, 0.25) is 0 Å². The summed E-state index contributed by atoms with van der Waals surface area (Å²) in [6, 6.07) is 4.41. The van der Waals surface area contributed by atoms with Gasteiger partial charge < -0.3 is 10.1 Å². The van der Waals surface area contributed by atoms with E-state index in [0.29, 0.717) is 19.3 Å². The highest BCUT2D eigenvalue weighted by Gasteiger charge is 2.22. The van der Waals surface area contributed by atoms with Gasteiger partial charge in [0.2, 0.25) is 0 Å². The smallest absolute Gasteiger partial charge is 0.328 e. The average Bonchev–Trinajstić information content (AvgIpc) is 2.53. The van der Waals surface area contributed by atoms with E-state index in [4.69, 9.17) is 6.42 Å². The lowest BCUT2D eigenvalue weighted by Crippen LogP contribution is -2.41. The number of rotatable bonds is 7. The molecule has 7 nitrogen and oxygen atoms in total. The summed E-state index contributed by atoms with van der Waals surface area (Å²) in [7, 11) is 1.22. The minimum atomic E-state index is -0.842. The van der Waals surface area contributed by atoms with E-state index in [1.807, 2.05) is 0 Å². The molecule has 0 aliphatic carbocycles. The van der Waals surface area contributed by atoms with Gasteiger partial charge in [-0.3, -0.25) is 14.9 Å². The molecule has 7 heteroatoms. The van der Waals surface area contributed by atoms with E-state index < -0.39 is 22.8 Å². The Bertz CT molecular complexity index is 606. The van der Waals surface area contributed by atoms with Crippen LogP contribution in [0.3, 0.4) is 0 Å². The number of carbonyl (C=O) groups is 2. The molecule has 0 aliphatic heterocycles. The van der Waals surface area contributed by atoms with Crippen molar-refractivity contribution in [1.82, 2.24) is 5.32 Å². The maximum Gasteiger partial charge on any atom is 0.328 e. The summed E-state index contributed by atoms with van der Waals surface area (Å²) in [6.45, 7) is 0. The van der Waals surface area contributed by atoms with Crippen molar-refractivity contribution >= 4 is 17.6 Å². The molecule has 0 aromatic heterocycles. The van der Waals surface area contributed by atoms with E-state index in [9.17, 15) is 19.7 Å². The maximum atomic E-state index is 12.1. The zero-order valence-electron chi connectivity index (χ0n) is 12.1. The van der Waals surface area contributed by atoms with Crippen LogP contribution in [0.4, 0.5) is 5.69 Å². The number of esters is 1. The molecule has 1 aromatic carbocycles. The summed E-state index contributed by atoms with van der Waals surface area (Å²) in [5, 5.41) is 13.2. The van der Waals surface area contributed by atoms with Crippen molar-refractivity contribution in [1.29, 1.82) is 0 Å². The fraction of sp³-hybridized carbons (Fsp3) is 0.333. The third-order valence-corrected chi connectivity index (χ3v) is 2.92. The fourth-order valence-corrected chi connectivity index (χ4v) is 1.80. The zero-order valence-corrected chi connectivity index (χ0v) is 12.1. The number of terminal acetylenes is 1. The SMILES string of the molecule is C#CCCC[C@@H](NC(=O)c1cccc([N+](=O)[O-])c1)C(=O)OC. The number of nitrogens with zero attached hydrogens (tertiary/aromatic N) is 1. The average molecular weight is 304 g/mol. The second-order valence-electron chi connectivity index (χ2n) is 4.45. The molecule has 22 heavy (non-hydrogen) atoms. The van der Waals surface area contributed by atoms with Gasteiger partial charge in [0.25, 0.3) is 11.6 Å². The Hall–Kier alpha value is -2.88. The number of non-ortho nitro benzene ring substituents is 1. The van der Waals surface area contributed by atoms with Crippen molar-refractivity contribution < 1.29 is 19.2 Å². The second kappa shape index (κ2) is 8.42. The number of unbranched alkanes of at least 4 members (excludes halogenated alkanes) is 1. The summed E-state index contributed by atoms with van der Waals surface area (Å²) < 4.78 is 4.63. The molecule has 1 amide bonds. The lowest BCUT2D eigenvalue weighted by atomic mass is 10.1. The van der Waals surface area contributed by atoms with Crippen LogP contribution in [0.15, 0.2) is 24.3 Å². The number of hydrogen-bond acceptors (Lipinski definition) is 5. The van der Waals surface area contributed by atoms with Gasteiger partial charge in [0.1, 0.15) is 6.04 Å². The molecule has 0 aliphatic rings. The van der Waals surface area contributed by atoms with Crippen molar-refractivity contribution in [3.63, 3.8) is 0 Å². The van der Waals surface area contributed by atoms with Gasteiger partial charge in [0.15, 0.2) is 0 Å². The first kappa shape index (κ1) is 17.2. The number of benzene rings is 1. The third kappa shape index (κ3) is 4.90. The molecule has 0 radical (unpaired) electrons. The van der Waals surface area contributed by atoms with E-state index in [1.165, 1.54) is 25.3 Å². The van der Waals surface area contributed by atoms with Crippen molar-refractivity contribution in [3.8, 4) is 12.3 Å². The van der Waals surface area contributed by atoms with Crippen LogP contribution in [-0.2, 0) is 9.53 Å². The molecule has 0 unspecified atom stereocenters. The number of ether oxygens (including phenoxy) is 1. The number of nitro benzene ring substituents is 1. The monoisotopic (exact) mass is 304 g/mol. The molecule has 1 N–H and O–H groups in total. The molecule has 0 saturated heterocycles. The third-order valence-electron chi connectivity index (χ3n) is 2.92. The highest BCUT2D eigenvalue weighted by molar-refractivity contribution is 5.97. The minimum absolute atomic E-state index is 0.0973. The van der Waals surface area contributed by atoms with Gasteiger partial charge in [-0.15, -0.1) is 12.3 Å². The topological polar surface area (TPSA) is 98.5 Å². The van der Waals surface area contributed by atoms with Crippen LogP contribution in [0.5, 0.6) is 0 Å². The van der Waals surface area contributed by atoms with Crippen LogP contribution in [-0.4, -0.2) is 30.0 Å². The van der Waals surface area contributed by atoms with Crippen LogP contribution in [0.1, 0.15) is 29.6 Å². The van der Waals surface area contributed by atoms with Gasteiger partial charge in [-0.1, -0.05) is 6.07 Å². The first-order valence-electron chi connectivity index (χ1n) is 6.56. The quantitative estimate of drug-likeness (QED) is 0.271. The molecular weight excluding hydrogens is 288 g/mol. The van der Waals surface area contributed by atoms with E-state index in [2.05, 4.69) is 16.0 Å². The minimum Gasteiger partial charge on any atom is -0.467 e. The van der Waals surface area contributed by atoms with Gasteiger partial charge in [-0.25, -0.2) is 4.79 Å². The lowest BCUT2D eigenvalue weighted by Gasteiger charge is -2.16. The Morgan fingerprint density at radius 2 is 2.23 bits per heavy atom. The Morgan fingerprint density at radius 3 is 2.82 bits per heavy atom. The van der Waals surface area contributed by atoms with Crippen molar-refractivity contribution in [2.24, 2.45) is 0 Å². The van der Waals surface area contributed by atoms with Gasteiger partial charge >= 0.3 is 5.97 Å². The normalized spacial score (nSPS) is 11.1. The van der Waals surface area contributed by atoms with E-state index in [0.717, 1.165) is 6.07 Å². The number of nitrogens with one attached hydrogen (secondary N) is 1. The van der Waals surface area contributed by atoms with Gasteiger partial charge in [0.05, 0.1) is 12.0 Å². The predicted molar refractivity (Wildman–Crippen MR) is 79.1 cm³/mol. The van der Waals surface area contributed by atoms with Gasteiger partial charge in [0, 0.05) is 24.1 Å². The Labute approximate surface area is 127 Å². The standard InChI is InChI=1S/C15H16N2O5/c1-3-4-5-9-13(15(19)22-2)16-14(18)11-7-6-8-12(10-11)17(20)21/h1,6-8,10,13H,4-5,9H2,2H3,(H,16,18)/t13-/m1/s1. The van der Waals surface area contributed by atoms with Crippen LogP contribution >= 0.6 is 0 Å². The number of carbonyl (C=O) groups excluding carboxylic acids is 2. The lowest BCUT2D eigenvalue weighted by molar-refractivity contribution is -0.384. The van der Waals surface area contributed by atoms with Gasteiger partial charge in [-0.2, -0.15) is 0 Å². The molecule has 1 atom stereocenters.